The fourth-order valence-corrected chi connectivity index (χ4v) is 5.08. The van der Waals surface area contributed by atoms with Crippen molar-refractivity contribution >= 4 is 52.0 Å². The highest BCUT2D eigenvalue weighted by molar-refractivity contribution is 8.26. The van der Waals surface area contributed by atoms with E-state index in [2.05, 4.69) is 9.97 Å². The maximum Gasteiger partial charge on any atom is 0.280 e. The molecule has 0 bridgehead atoms. The maximum absolute atomic E-state index is 13.0. The Bertz CT molecular complexity index is 1010. The van der Waals surface area contributed by atoms with E-state index < -0.39 is 6.43 Å². The second kappa shape index (κ2) is 9.84. The standard InChI is InChI=1S/C20H19F2N3O2S3/c1-4-25-18(26)16(30-20(25)28)9-12-5-6-15(27-3)13(8-12)10-29-19-23-11(2)7-14(24-19)17(21)22/h5-9,17H,4,10H2,1-3H3. The Kier molecular flexibility index (Phi) is 7.43. The SMILES string of the molecule is CCN1C(=O)C(=Cc2ccc(OC)c(CSc3nc(C)cc(C(F)F)n3)c2)SC1=S. The van der Waals surface area contributed by atoms with Crippen molar-refractivity contribution in [2.75, 3.05) is 13.7 Å². The summed E-state index contributed by atoms with van der Waals surface area (Å²) < 4.78 is 32.0. The van der Waals surface area contributed by atoms with E-state index >= 15 is 0 Å². The fourth-order valence-electron chi connectivity index (χ4n) is 2.81. The first kappa shape index (κ1) is 22.6. The van der Waals surface area contributed by atoms with Crippen LogP contribution in [0.5, 0.6) is 5.75 Å². The Balaban J connectivity index is 1.83. The fraction of sp³-hybridized carbons (Fsp3) is 0.300. The number of benzene rings is 1. The number of halogens is 2. The van der Waals surface area contributed by atoms with E-state index in [1.165, 1.54) is 29.6 Å². The van der Waals surface area contributed by atoms with Crippen molar-refractivity contribution in [3.63, 3.8) is 0 Å². The van der Waals surface area contributed by atoms with Gasteiger partial charge in [-0.3, -0.25) is 9.69 Å². The number of aryl methyl sites for hydroxylation is 1. The van der Waals surface area contributed by atoms with Gasteiger partial charge in [-0.2, -0.15) is 0 Å². The number of thioether (sulfide) groups is 2. The lowest BCUT2D eigenvalue weighted by Crippen LogP contribution is -2.27. The highest BCUT2D eigenvalue weighted by Gasteiger charge is 2.30. The van der Waals surface area contributed by atoms with Crippen LogP contribution in [0.1, 0.15) is 35.9 Å². The molecule has 10 heteroatoms. The van der Waals surface area contributed by atoms with Crippen molar-refractivity contribution in [3.8, 4) is 5.75 Å². The van der Waals surface area contributed by atoms with Crippen molar-refractivity contribution in [2.45, 2.75) is 31.2 Å². The van der Waals surface area contributed by atoms with Gasteiger partial charge in [0.05, 0.1) is 12.0 Å². The highest BCUT2D eigenvalue weighted by atomic mass is 32.2. The summed E-state index contributed by atoms with van der Waals surface area (Å²) in [5.74, 6) is 0.974. The van der Waals surface area contributed by atoms with Crippen LogP contribution in [0.3, 0.4) is 0 Å². The van der Waals surface area contributed by atoms with Crippen molar-refractivity contribution < 1.29 is 18.3 Å². The smallest absolute Gasteiger partial charge is 0.280 e. The molecule has 0 radical (unpaired) electrons. The molecule has 0 aliphatic carbocycles. The van der Waals surface area contributed by atoms with E-state index in [4.69, 9.17) is 17.0 Å². The quantitative estimate of drug-likeness (QED) is 0.239. The van der Waals surface area contributed by atoms with E-state index in [0.717, 1.165) is 11.1 Å². The van der Waals surface area contributed by atoms with Crippen molar-refractivity contribution in [1.29, 1.82) is 0 Å². The summed E-state index contributed by atoms with van der Waals surface area (Å²) in [5.41, 5.74) is 1.86. The van der Waals surface area contributed by atoms with Crippen LogP contribution in [0.2, 0.25) is 0 Å². The first-order chi connectivity index (χ1) is 14.3. The second-order valence-electron chi connectivity index (χ2n) is 6.30. The van der Waals surface area contributed by atoms with E-state index in [9.17, 15) is 13.6 Å². The molecule has 1 amide bonds. The minimum Gasteiger partial charge on any atom is -0.496 e. The molecule has 1 aliphatic rings. The highest BCUT2D eigenvalue weighted by Crippen LogP contribution is 2.34. The van der Waals surface area contributed by atoms with Crippen LogP contribution in [0.15, 0.2) is 34.3 Å². The minimum atomic E-state index is -2.65. The zero-order valence-corrected chi connectivity index (χ0v) is 19.0. The van der Waals surface area contributed by atoms with Crippen LogP contribution in [0.25, 0.3) is 6.08 Å². The van der Waals surface area contributed by atoms with E-state index in [0.29, 0.717) is 33.0 Å². The van der Waals surface area contributed by atoms with Gasteiger partial charge in [0.25, 0.3) is 12.3 Å². The molecule has 158 valence electrons. The molecule has 1 saturated heterocycles. The van der Waals surface area contributed by atoms with Gasteiger partial charge in [0.2, 0.25) is 0 Å². The molecule has 1 aromatic carbocycles. The predicted molar refractivity (Wildman–Crippen MR) is 120 cm³/mol. The summed E-state index contributed by atoms with van der Waals surface area (Å²) in [4.78, 5) is 22.7. The number of carbonyl (C=O) groups is 1. The average molecular weight is 468 g/mol. The predicted octanol–water partition coefficient (Wildman–Crippen LogP) is 5.24. The van der Waals surface area contributed by atoms with E-state index in [1.54, 1.807) is 25.0 Å². The Morgan fingerprint density at radius 1 is 1.33 bits per heavy atom. The number of methoxy groups -OCH3 is 1. The molecule has 0 saturated carbocycles. The summed E-state index contributed by atoms with van der Waals surface area (Å²) in [6.07, 6.45) is -0.855. The van der Waals surface area contributed by atoms with Crippen LogP contribution >= 0.6 is 35.7 Å². The van der Waals surface area contributed by atoms with Crippen molar-refractivity contribution in [3.05, 3.63) is 51.7 Å². The Labute approximate surface area is 187 Å². The molecule has 0 unspecified atom stereocenters. The van der Waals surface area contributed by atoms with Gasteiger partial charge >= 0.3 is 0 Å². The molecular weight excluding hydrogens is 448 g/mol. The monoisotopic (exact) mass is 467 g/mol. The first-order valence-electron chi connectivity index (χ1n) is 9.01. The molecule has 3 rings (SSSR count). The number of alkyl halides is 2. The number of hydrogen-bond acceptors (Lipinski definition) is 7. The van der Waals surface area contributed by atoms with Gasteiger partial charge in [-0.15, -0.1) is 0 Å². The number of thiocarbonyl (C=S) groups is 1. The van der Waals surface area contributed by atoms with Gasteiger partial charge in [-0.05, 0) is 43.7 Å². The normalized spacial score (nSPS) is 15.5. The molecule has 1 fully saturated rings. The number of aromatic nitrogens is 2. The van der Waals surface area contributed by atoms with Gasteiger partial charge in [0, 0.05) is 23.6 Å². The zero-order chi connectivity index (χ0) is 21.8. The number of amides is 1. The van der Waals surface area contributed by atoms with Crippen molar-refractivity contribution in [2.24, 2.45) is 0 Å². The summed E-state index contributed by atoms with van der Waals surface area (Å²) in [7, 11) is 1.56. The molecule has 0 atom stereocenters. The molecule has 1 aliphatic heterocycles. The molecule has 1 aromatic heterocycles. The molecule has 0 spiro atoms. The lowest BCUT2D eigenvalue weighted by molar-refractivity contribution is -0.121. The van der Waals surface area contributed by atoms with Crippen LogP contribution in [0, 0.1) is 6.92 Å². The molecule has 5 nitrogen and oxygen atoms in total. The molecule has 2 aromatic rings. The molecule has 2 heterocycles. The number of nitrogens with zero attached hydrogens (tertiary/aromatic N) is 3. The molecule has 0 N–H and O–H groups in total. The van der Waals surface area contributed by atoms with E-state index in [1.807, 2.05) is 25.1 Å². The first-order valence-corrected chi connectivity index (χ1v) is 11.2. The number of ether oxygens (including phenoxy) is 1. The summed E-state index contributed by atoms with van der Waals surface area (Å²) in [6.45, 7) is 4.07. The van der Waals surface area contributed by atoms with Crippen molar-refractivity contribution in [1.82, 2.24) is 14.9 Å². The lowest BCUT2D eigenvalue weighted by atomic mass is 10.1. The van der Waals surface area contributed by atoms with Gasteiger partial charge < -0.3 is 4.74 Å². The third kappa shape index (κ3) is 5.16. The summed E-state index contributed by atoms with van der Waals surface area (Å²) in [6, 6.07) is 6.84. The number of likely N-dealkylation sites (N-methyl/N-ethyl adjacent to an activating group) is 1. The maximum atomic E-state index is 13.0. The topological polar surface area (TPSA) is 55.3 Å². The lowest BCUT2D eigenvalue weighted by Gasteiger charge is -2.10. The number of rotatable bonds is 7. The van der Waals surface area contributed by atoms with Gasteiger partial charge in [0.15, 0.2) is 5.16 Å². The molecular formula is C20H19F2N3O2S3. The number of carbonyl (C=O) groups excluding carboxylic acids is 1. The Morgan fingerprint density at radius 2 is 2.10 bits per heavy atom. The Hall–Kier alpha value is -2.04. The largest absolute Gasteiger partial charge is 0.496 e. The van der Waals surface area contributed by atoms with Crippen LogP contribution in [-0.2, 0) is 10.5 Å². The van der Waals surface area contributed by atoms with Gasteiger partial charge in [0.1, 0.15) is 15.8 Å². The average Bonchev–Trinajstić information content (AvgIpc) is 2.98. The second-order valence-corrected chi connectivity index (χ2v) is 8.92. The van der Waals surface area contributed by atoms with Crippen LogP contribution < -0.4 is 4.74 Å². The van der Waals surface area contributed by atoms with Gasteiger partial charge in [-0.25, -0.2) is 18.7 Å². The molecule has 30 heavy (non-hydrogen) atoms. The zero-order valence-electron chi connectivity index (χ0n) is 16.5. The van der Waals surface area contributed by atoms with Crippen LogP contribution in [0.4, 0.5) is 8.78 Å². The van der Waals surface area contributed by atoms with Crippen LogP contribution in [-0.4, -0.2) is 38.8 Å². The third-order valence-electron chi connectivity index (χ3n) is 4.23. The van der Waals surface area contributed by atoms with Gasteiger partial charge in [-0.1, -0.05) is 41.8 Å². The summed E-state index contributed by atoms with van der Waals surface area (Å²) >= 11 is 7.77. The number of hydrogen-bond donors (Lipinski definition) is 0. The Morgan fingerprint density at radius 3 is 2.73 bits per heavy atom. The summed E-state index contributed by atoms with van der Waals surface area (Å²) in [5, 5.41) is 0.279. The minimum absolute atomic E-state index is 0.105. The third-order valence-corrected chi connectivity index (χ3v) is 6.50. The van der Waals surface area contributed by atoms with E-state index in [-0.39, 0.29) is 16.8 Å².